The van der Waals surface area contributed by atoms with E-state index in [-0.39, 0.29) is 0 Å². The molecule has 4 nitrogen and oxygen atoms in total. The van der Waals surface area contributed by atoms with Crippen molar-refractivity contribution in [3.63, 3.8) is 0 Å². The third-order valence-corrected chi connectivity index (χ3v) is 3.67. The summed E-state index contributed by atoms with van der Waals surface area (Å²) in [4.78, 5) is 4.13. The summed E-state index contributed by atoms with van der Waals surface area (Å²) in [5.41, 5.74) is 6.77. The minimum absolute atomic E-state index is 0.386. The van der Waals surface area contributed by atoms with Crippen LogP contribution in [0.3, 0.4) is 0 Å². The van der Waals surface area contributed by atoms with Gasteiger partial charge in [-0.15, -0.1) is 11.3 Å². The number of aromatic nitrogens is 3. The number of nitrogens with zero attached hydrogens (tertiary/aromatic N) is 3. The van der Waals surface area contributed by atoms with Crippen LogP contribution in [0.4, 0.5) is 0 Å². The maximum atomic E-state index is 5.49. The first-order valence-corrected chi connectivity index (χ1v) is 6.28. The van der Waals surface area contributed by atoms with Gasteiger partial charge in [-0.05, 0) is 22.4 Å². The zero-order valence-corrected chi connectivity index (χ0v) is 10.0. The van der Waals surface area contributed by atoms with Crippen LogP contribution >= 0.6 is 11.3 Å². The summed E-state index contributed by atoms with van der Waals surface area (Å²) in [6.45, 7) is 1.13. The van der Waals surface area contributed by atoms with Crippen molar-refractivity contribution in [3.8, 4) is 0 Å². The Morgan fingerprint density at radius 1 is 1.29 bits per heavy atom. The second kappa shape index (κ2) is 4.27. The van der Waals surface area contributed by atoms with Crippen LogP contribution in [-0.4, -0.2) is 14.8 Å². The molecule has 0 saturated heterocycles. The quantitative estimate of drug-likeness (QED) is 0.766. The van der Waals surface area contributed by atoms with Crippen molar-refractivity contribution in [1.82, 2.24) is 14.8 Å². The summed E-state index contributed by atoms with van der Waals surface area (Å²) >= 11 is 1.76. The predicted octanol–water partition coefficient (Wildman–Crippen LogP) is 2.00. The van der Waals surface area contributed by atoms with Crippen molar-refractivity contribution < 1.29 is 0 Å². The van der Waals surface area contributed by atoms with Gasteiger partial charge in [0.15, 0.2) is 5.82 Å². The van der Waals surface area contributed by atoms with Crippen molar-refractivity contribution in [1.29, 1.82) is 0 Å². The molecule has 86 valence electrons. The van der Waals surface area contributed by atoms with Crippen LogP contribution in [0, 0.1) is 0 Å². The number of benzene rings is 1. The largest absolute Gasteiger partial charge is 0.324 e. The molecule has 0 unspecified atom stereocenters. The predicted molar refractivity (Wildman–Crippen MR) is 68.8 cm³/mol. The Morgan fingerprint density at radius 2 is 2.18 bits per heavy atom. The molecule has 0 bridgehead atoms. The molecule has 2 N–H and O–H groups in total. The van der Waals surface area contributed by atoms with E-state index in [4.69, 9.17) is 5.73 Å². The van der Waals surface area contributed by atoms with Crippen molar-refractivity contribution in [2.45, 2.75) is 13.1 Å². The van der Waals surface area contributed by atoms with E-state index in [0.717, 1.165) is 6.54 Å². The van der Waals surface area contributed by atoms with Crippen LogP contribution in [0.1, 0.15) is 11.4 Å². The molecular weight excluding hydrogens is 232 g/mol. The molecule has 0 aliphatic heterocycles. The summed E-state index contributed by atoms with van der Waals surface area (Å²) < 4.78 is 3.14. The van der Waals surface area contributed by atoms with Crippen LogP contribution in [0.25, 0.3) is 10.1 Å². The molecule has 1 aromatic carbocycles. The number of hydrogen-bond acceptors (Lipinski definition) is 4. The maximum absolute atomic E-state index is 5.49. The van der Waals surface area contributed by atoms with Crippen LogP contribution < -0.4 is 5.73 Å². The average Bonchev–Trinajstić information content (AvgIpc) is 2.97. The molecule has 2 aromatic heterocycles. The van der Waals surface area contributed by atoms with Crippen LogP contribution in [0.5, 0.6) is 0 Å². The third kappa shape index (κ3) is 1.94. The number of fused-ring (bicyclic) bond motifs is 1. The minimum atomic E-state index is 0.386. The SMILES string of the molecule is NCc1ncn(Cc2csc3ccccc23)n1. The highest BCUT2D eigenvalue weighted by atomic mass is 32.1. The number of rotatable bonds is 3. The molecule has 0 atom stereocenters. The summed E-state index contributed by atoms with van der Waals surface area (Å²) in [5.74, 6) is 0.685. The highest BCUT2D eigenvalue weighted by molar-refractivity contribution is 7.17. The third-order valence-electron chi connectivity index (χ3n) is 2.66. The summed E-state index contributed by atoms with van der Waals surface area (Å²) in [5, 5.41) is 7.76. The van der Waals surface area contributed by atoms with E-state index < -0.39 is 0 Å². The lowest BCUT2D eigenvalue weighted by atomic mass is 10.2. The molecule has 17 heavy (non-hydrogen) atoms. The van der Waals surface area contributed by atoms with Gasteiger partial charge in [0.1, 0.15) is 6.33 Å². The van der Waals surface area contributed by atoms with Crippen LogP contribution in [-0.2, 0) is 13.1 Å². The Balaban J connectivity index is 1.94. The van der Waals surface area contributed by atoms with Gasteiger partial charge in [0.05, 0.1) is 13.1 Å². The number of hydrogen-bond donors (Lipinski definition) is 1. The summed E-state index contributed by atoms with van der Waals surface area (Å²) in [7, 11) is 0. The molecule has 5 heteroatoms. The fourth-order valence-corrected chi connectivity index (χ4v) is 2.79. The summed E-state index contributed by atoms with van der Waals surface area (Å²) in [6.07, 6.45) is 1.73. The molecule has 0 radical (unpaired) electrons. The van der Waals surface area contributed by atoms with E-state index in [1.54, 1.807) is 17.7 Å². The van der Waals surface area contributed by atoms with E-state index >= 15 is 0 Å². The van der Waals surface area contributed by atoms with Gasteiger partial charge in [-0.2, -0.15) is 5.10 Å². The normalized spacial score (nSPS) is 11.1. The van der Waals surface area contributed by atoms with Crippen LogP contribution in [0.15, 0.2) is 36.0 Å². The molecule has 0 saturated carbocycles. The highest BCUT2D eigenvalue weighted by Crippen LogP contribution is 2.25. The second-order valence-corrected chi connectivity index (χ2v) is 4.73. The molecule has 3 rings (SSSR count). The van der Waals surface area contributed by atoms with Crippen LogP contribution in [0.2, 0.25) is 0 Å². The first-order valence-electron chi connectivity index (χ1n) is 5.40. The molecular formula is C12H12N4S. The average molecular weight is 244 g/mol. The van der Waals surface area contributed by atoms with Gasteiger partial charge in [-0.1, -0.05) is 18.2 Å². The standard InChI is InChI=1S/C12H12N4S/c13-5-12-14-8-16(15-12)6-9-7-17-11-4-2-1-3-10(9)11/h1-4,7-8H,5-6,13H2. The first-order chi connectivity index (χ1) is 8.36. The molecule has 0 aliphatic rings. The van der Waals surface area contributed by atoms with E-state index in [9.17, 15) is 0 Å². The zero-order chi connectivity index (χ0) is 11.7. The Labute approximate surface area is 103 Å². The first kappa shape index (κ1) is 10.4. The number of thiophene rings is 1. The lowest BCUT2D eigenvalue weighted by Gasteiger charge is -1.99. The number of nitrogens with two attached hydrogens (primary N) is 1. The molecule has 0 amide bonds. The Kier molecular flexibility index (Phi) is 2.62. The smallest absolute Gasteiger partial charge is 0.164 e. The van der Waals surface area contributed by atoms with Gasteiger partial charge in [0.2, 0.25) is 0 Å². The molecule has 2 heterocycles. The Morgan fingerprint density at radius 3 is 3.00 bits per heavy atom. The molecule has 3 aromatic rings. The molecule has 0 fully saturated rings. The Hall–Kier alpha value is -1.72. The van der Waals surface area contributed by atoms with E-state index in [2.05, 4.69) is 39.7 Å². The van der Waals surface area contributed by atoms with Gasteiger partial charge >= 0.3 is 0 Å². The van der Waals surface area contributed by atoms with E-state index in [1.807, 2.05) is 4.68 Å². The van der Waals surface area contributed by atoms with Crippen molar-refractivity contribution in [2.75, 3.05) is 0 Å². The minimum Gasteiger partial charge on any atom is -0.324 e. The fraction of sp³-hybridized carbons (Fsp3) is 0.167. The van der Waals surface area contributed by atoms with E-state index in [1.165, 1.54) is 15.6 Å². The zero-order valence-electron chi connectivity index (χ0n) is 9.21. The van der Waals surface area contributed by atoms with Gasteiger partial charge in [-0.25, -0.2) is 9.67 Å². The maximum Gasteiger partial charge on any atom is 0.164 e. The lowest BCUT2D eigenvalue weighted by molar-refractivity contribution is 0.676. The Bertz CT molecular complexity index is 641. The van der Waals surface area contributed by atoms with Gasteiger partial charge < -0.3 is 5.73 Å². The topological polar surface area (TPSA) is 56.7 Å². The molecule has 0 aliphatic carbocycles. The van der Waals surface area contributed by atoms with Gasteiger partial charge in [-0.3, -0.25) is 0 Å². The lowest BCUT2D eigenvalue weighted by Crippen LogP contribution is -2.03. The van der Waals surface area contributed by atoms with Crippen molar-refractivity contribution >= 4 is 21.4 Å². The monoisotopic (exact) mass is 244 g/mol. The second-order valence-electron chi connectivity index (χ2n) is 3.82. The summed E-state index contributed by atoms with van der Waals surface area (Å²) in [6, 6.07) is 8.40. The van der Waals surface area contributed by atoms with Gasteiger partial charge in [0, 0.05) is 4.70 Å². The van der Waals surface area contributed by atoms with Crippen molar-refractivity contribution in [3.05, 3.63) is 47.4 Å². The van der Waals surface area contributed by atoms with Crippen molar-refractivity contribution in [2.24, 2.45) is 5.73 Å². The molecule has 0 spiro atoms. The fourth-order valence-electron chi connectivity index (χ4n) is 1.83. The highest BCUT2D eigenvalue weighted by Gasteiger charge is 2.05. The van der Waals surface area contributed by atoms with E-state index in [0.29, 0.717) is 12.4 Å². The van der Waals surface area contributed by atoms with Gasteiger partial charge in [0.25, 0.3) is 0 Å².